The Hall–Kier alpha value is -1.67. The number of nitrogens with zero attached hydrogens (tertiary/aromatic N) is 1. The van der Waals surface area contributed by atoms with Crippen molar-refractivity contribution >= 4 is 11.8 Å². The lowest BCUT2D eigenvalue weighted by Crippen LogP contribution is -2.67. The second-order valence-corrected chi connectivity index (χ2v) is 15.0. The molecular formula is C31H45NO4. The number of nitriles is 1. The Morgan fingerprint density at radius 2 is 1.69 bits per heavy atom. The van der Waals surface area contributed by atoms with Gasteiger partial charge in [-0.15, -0.1) is 0 Å². The minimum Gasteiger partial charge on any atom is -0.481 e. The maximum absolute atomic E-state index is 13.3. The van der Waals surface area contributed by atoms with E-state index in [-0.39, 0.29) is 46.4 Å². The summed E-state index contributed by atoms with van der Waals surface area (Å²) < 4.78 is 0. The van der Waals surface area contributed by atoms with E-state index in [1.165, 1.54) is 5.57 Å². The van der Waals surface area contributed by atoms with Crippen molar-refractivity contribution in [3.05, 3.63) is 11.6 Å². The summed E-state index contributed by atoms with van der Waals surface area (Å²) >= 11 is 0. The lowest BCUT2D eigenvalue weighted by atomic mass is 9.33. The normalized spacial score (nSPS) is 48.8. The fourth-order valence-corrected chi connectivity index (χ4v) is 10.7. The Morgan fingerprint density at radius 3 is 2.31 bits per heavy atom. The zero-order valence-electron chi connectivity index (χ0n) is 23.1. The van der Waals surface area contributed by atoms with Crippen molar-refractivity contribution in [2.75, 3.05) is 6.61 Å². The first kappa shape index (κ1) is 26.0. The summed E-state index contributed by atoms with van der Waals surface area (Å²) in [6.45, 7) is 13.3. The van der Waals surface area contributed by atoms with Crippen molar-refractivity contribution in [2.24, 2.45) is 56.2 Å². The fourth-order valence-electron chi connectivity index (χ4n) is 10.7. The smallest absolute Gasteiger partial charge is 0.310 e. The molecule has 0 spiro atoms. The van der Waals surface area contributed by atoms with E-state index in [9.17, 15) is 25.1 Å². The van der Waals surface area contributed by atoms with E-state index in [1.54, 1.807) is 0 Å². The van der Waals surface area contributed by atoms with Crippen molar-refractivity contribution < 1.29 is 19.8 Å². The highest BCUT2D eigenvalue weighted by Gasteiger charge is 2.71. The predicted octanol–water partition coefficient (Wildman–Crippen LogP) is 6.16. The monoisotopic (exact) mass is 495 g/mol. The number of hydrogen-bond acceptors (Lipinski definition) is 4. The molecule has 0 aromatic rings. The molecule has 5 rings (SSSR count). The van der Waals surface area contributed by atoms with E-state index >= 15 is 0 Å². The summed E-state index contributed by atoms with van der Waals surface area (Å²) in [7, 11) is 0. The fraction of sp³-hybridized carbons (Fsp3) is 0.839. The van der Waals surface area contributed by atoms with Crippen molar-refractivity contribution in [2.45, 2.75) is 99.3 Å². The number of aliphatic carboxylic acids is 1. The molecule has 36 heavy (non-hydrogen) atoms. The number of allylic oxidation sites excluding steroid dienone is 2. The Morgan fingerprint density at radius 1 is 1.03 bits per heavy atom. The molecule has 0 amide bonds. The molecule has 2 N–H and O–H groups in total. The third-order valence-corrected chi connectivity index (χ3v) is 13.0. The third-order valence-electron chi connectivity index (χ3n) is 13.0. The highest BCUT2D eigenvalue weighted by molar-refractivity contribution is 5.90. The van der Waals surface area contributed by atoms with Crippen molar-refractivity contribution in [1.82, 2.24) is 0 Å². The number of aliphatic hydroxyl groups is 1. The summed E-state index contributed by atoms with van der Waals surface area (Å²) in [5, 5.41) is 31.5. The van der Waals surface area contributed by atoms with Gasteiger partial charge in [0, 0.05) is 17.4 Å². The van der Waals surface area contributed by atoms with Gasteiger partial charge in [0.15, 0.2) is 5.78 Å². The predicted molar refractivity (Wildman–Crippen MR) is 138 cm³/mol. The average Bonchev–Trinajstić information content (AvgIpc) is 2.81. The van der Waals surface area contributed by atoms with Crippen LogP contribution in [-0.4, -0.2) is 28.6 Å². The number of carboxylic acids is 1. The van der Waals surface area contributed by atoms with Gasteiger partial charge in [0.2, 0.25) is 0 Å². The molecule has 5 heteroatoms. The lowest BCUT2D eigenvalue weighted by molar-refractivity contribution is -0.207. The molecule has 0 bridgehead atoms. The molecule has 5 aliphatic rings. The lowest BCUT2D eigenvalue weighted by Gasteiger charge is -2.71. The second-order valence-electron chi connectivity index (χ2n) is 15.0. The van der Waals surface area contributed by atoms with Gasteiger partial charge in [0.25, 0.3) is 0 Å². The van der Waals surface area contributed by atoms with Crippen LogP contribution in [-0.2, 0) is 9.59 Å². The van der Waals surface area contributed by atoms with Crippen LogP contribution in [0.1, 0.15) is 99.3 Å². The van der Waals surface area contributed by atoms with Gasteiger partial charge >= 0.3 is 5.97 Å². The van der Waals surface area contributed by atoms with Crippen LogP contribution >= 0.6 is 0 Å². The first-order valence-electron chi connectivity index (χ1n) is 14.1. The van der Waals surface area contributed by atoms with Crippen molar-refractivity contribution in [1.29, 1.82) is 5.26 Å². The summed E-state index contributed by atoms with van der Waals surface area (Å²) in [5.41, 5.74) is -0.543. The van der Waals surface area contributed by atoms with Crippen molar-refractivity contribution in [3.8, 4) is 6.07 Å². The molecule has 0 saturated heterocycles. The molecule has 198 valence electrons. The maximum atomic E-state index is 13.3. The number of carbonyl (C=O) groups excluding carboxylic acids is 1. The second kappa shape index (κ2) is 7.68. The number of ketones is 1. The van der Waals surface area contributed by atoms with Crippen LogP contribution in [0.25, 0.3) is 0 Å². The summed E-state index contributed by atoms with van der Waals surface area (Å²) in [6, 6.07) is 2.30. The third kappa shape index (κ3) is 2.97. The first-order chi connectivity index (χ1) is 16.7. The molecule has 5 nitrogen and oxygen atoms in total. The minimum atomic E-state index is -0.672. The Labute approximate surface area is 216 Å². The Balaban J connectivity index is 1.64. The topological polar surface area (TPSA) is 98.4 Å². The van der Waals surface area contributed by atoms with E-state index in [0.717, 1.165) is 44.9 Å². The number of Topliss-reactive ketones (excluding diaryl/α,β-unsaturated/α-hetero) is 1. The van der Waals surface area contributed by atoms with Gasteiger partial charge in [-0.2, -0.15) is 5.26 Å². The molecule has 0 radical (unpaired) electrons. The van der Waals surface area contributed by atoms with Gasteiger partial charge in [-0.25, -0.2) is 0 Å². The Bertz CT molecular complexity index is 1070. The highest BCUT2D eigenvalue weighted by Crippen LogP contribution is 2.75. The summed E-state index contributed by atoms with van der Waals surface area (Å²) in [4.78, 5) is 26.1. The number of carboxylic acid groups (broad SMARTS) is 1. The molecule has 5 aliphatic carbocycles. The average molecular weight is 496 g/mol. The number of carbonyl (C=O) groups is 2. The molecule has 0 aromatic carbocycles. The number of fused-ring (bicyclic) bond motifs is 7. The van der Waals surface area contributed by atoms with E-state index in [1.807, 2.05) is 13.8 Å². The maximum Gasteiger partial charge on any atom is 0.310 e. The first-order valence-corrected chi connectivity index (χ1v) is 14.1. The van der Waals surface area contributed by atoms with Gasteiger partial charge < -0.3 is 10.2 Å². The molecule has 0 aliphatic heterocycles. The SMILES string of the molecule is CC1(C)CC[C@]2(C(=O)O)CC[C@]3(C)C(=CCC4[C@@]5(CO)CC(C#N)C(=O)C(C)(C)C5CC[C@]43C)C2C1. The number of hydrogen-bond donors (Lipinski definition) is 2. The summed E-state index contributed by atoms with van der Waals surface area (Å²) in [6.07, 6.45) is 9.63. The Kier molecular flexibility index (Phi) is 5.54. The molecule has 8 atom stereocenters. The molecule has 4 fully saturated rings. The summed E-state index contributed by atoms with van der Waals surface area (Å²) in [5.74, 6) is -0.991. The minimum absolute atomic E-state index is 0.00158. The standard InChI is InChI=1S/C31H45NO4/c1-26(2)11-13-30(25(35)36)14-12-28(5)20(21(30)16-26)7-8-23-29(28,6)10-9-22-27(3,4)24(34)19(17-32)15-31(22,23)18-33/h7,19,21-23,33H,8-16,18H2,1-6H3,(H,35,36)/t19?,21?,22?,23?,28-,29-,30+,31-/m1/s1. The van der Waals surface area contributed by atoms with Crippen LogP contribution in [0.2, 0.25) is 0 Å². The van der Waals surface area contributed by atoms with E-state index in [2.05, 4.69) is 39.8 Å². The van der Waals surface area contributed by atoms with Gasteiger partial charge in [-0.05, 0) is 91.8 Å². The van der Waals surface area contributed by atoms with Crippen molar-refractivity contribution in [3.63, 3.8) is 0 Å². The van der Waals surface area contributed by atoms with E-state index in [4.69, 9.17) is 0 Å². The van der Waals surface area contributed by atoms with E-state index < -0.39 is 28.1 Å². The number of rotatable bonds is 2. The molecule has 4 unspecified atom stereocenters. The highest BCUT2D eigenvalue weighted by atomic mass is 16.4. The van der Waals surface area contributed by atoms with Crippen LogP contribution in [0.15, 0.2) is 11.6 Å². The zero-order chi connectivity index (χ0) is 26.5. The molecule has 0 heterocycles. The van der Waals surface area contributed by atoms with Crippen LogP contribution in [0.3, 0.4) is 0 Å². The quantitative estimate of drug-likeness (QED) is 0.447. The van der Waals surface area contributed by atoms with E-state index in [0.29, 0.717) is 12.8 Å². The molecule has 0 aromatic heterocycles. The number of aliphatic hydroxyl groups excluding tert-OH is 1. The van der Waals surface area contributed by atoms with Crippen LogP contribution in [0, 0.1) is 67.5 Å². The van der Waals surface area contributed by atoms with Gasteiger partial charge in [0.05, 0.1) is 11.5 Å². The molecular weight excluding hydrogens is 450 g/mol. The zero-order valence-corrected chi connectivity index (χ0v) is 23.1. The largest absolute Gasteiger partial charge is 0.481 e. The van der Waals surface area contributed by atoms with Crippen LogP contribution in [0.4, 0.5) is 0 Å². The van der Waals surface area contributed by atoms with Crippen LogP contribution < -0.4 is 0 Å². The molecule has 4 saturated carbocycles. The van der Waals surface area contributed by atoms with Gasteiger partial charge in [-0.3, -0.25) is 9.59 Å². The van der Waals surface area contributed by atoms with Gasteiger partial charge in [-0.1, -0.05) is 53.2 Å². The van der Waals surface area contributed by atoms with Gasteiger partial charge in [0.1, 0.15) is 5.92 Å². The van der Waals surface area contributed by atoms with Crippen LogP contribution in [0.5, 0.6) is 0 Å².